The van der Waals surface area contributed by atoms with Crippen LogP contribution in [0.1, 0.15) is 35.3 Å². The van der Waals surface area contributed by atoms with E-state index in [1.54, 1.807) is 67.6 Å². The second-order valence-electron chi connectivity index (χ2n) is 7.37. The minimum Gasteiger partial charge on any atom is -0.443 e. The number of hydrogen-bond donors (Lipinski definition) is 1. The van der Waals surface area contributed by atoms with Crippen molar-refractivity contribution in [1.29, 1.82) is 0 Å². The minimum absolute atomic E-state index is 0.200. The van der Waals surface area contributed by atoms with Crippen LogP contribution in [-0.4, -0.2) is 22.7 Å². The third-order valence-corrected chi connectivity index (χ3v) is 5.26. The van der Waals surface area contributed by atoms with Gasteiger partial charge in [0.15, 0.2) is 0 Å². The fourth-order valence-corrected chi connectivity index (χ4v) is 3.62. The Morgan fingerprint density at radius 3 is 2.47 bits per heavy atom. The van der Waals surface area contributed by atoms with Crippen LogP contribution in [-0.2, 0) is 15.3 Å². The van der Waals surface area contributed by atoms with E-state index < -0.39 is 11.5 Å². The second-order valence-corrected chi connectivity index (χ2v) is 7.81. The molecule has 162 valence electrons. The molecule has 3 aromatic carbocycles. The summed E-state index contributed by atoms with van der Waals surface area (Å²) in [6.07, 6.45) is 0. The van der Waals surface area contributed by atoms with E-state index in [-0.39, 0.29) is 17.7 Å². The zero-order chi connectivity index (χ0) is 22.9. The lowest BCUT2D eigenvalue weighted by Gasteiger charge is -2.31. The number of amides is 2. The summed E-state index contributed by atoms with van der Waals surface area (Å²) in [6, 6.07) is 19.2. The van der Waals surface area contributed by atoms with Crippen LogP contribution in [0.3, 0.4) is 0 Å². The molecule has 1 aliphatic rings. The first-order chi connectivity index (χ1) is 15.3. The van der Waals surface area contributed by atoms with Crippen molar-refractivity contribution < 1.29 is 18.7 Å². The van der Waals surface area contributed by atoms with Crippen molar-refractivity contribution in [2.75, 3.05) is 5.32 Å². The number of carbonyl (C=O) groups is 2. The highest BCUT2D eigenvalue weighted by Gasteiger charge is 2.45. The first-order valence-electron chi connectivity index (χ1n) is 9.78. The highest BCUT2D eigenvalue weighted by atomic mass is 35.5. The van der Waals surface area contributed by atoms with E-state index in [2.05, 4.69) is 10.4 Å². The van der Waals surface area contributed by atoms with Crippen molar-refractivity contribution in [3.8, 4) is 0 Å². The van der Waals surface area contributed by atoms with Gasteiger partial charge in [-0.15, -0.1) is 5.10 Å². The Bertz CT molecular complexity index is 1230. The molecule has 1 heterocycles. The molecule has 1 atom stereocenters. The summed E-state index contributed by atoms with van der Waals surface area (Å²) in [7, 11) is 0. The molecule has 0 fully saturated rings. The van der Waals surface area contributed by atoms with E-state index in [4.69, 9.17) is 16.3 Å². The third-order valence-electron chi connectivity index (χ3n) is 5.02. The van der Waals surface area contributed by atoms with Crippen LogP contribution in [0.4, 0.5) is 10.1 Å². The van der Waals surface area contributed by atoms with E-state index in [1.807, 2.05) is 0 Å². The third kappa shape index (κ3) is 4.20. The number of halogens is 2. The summed E-state index contributed by atoms with van der Waals surface area (Å²) in [4.78, 5) is 24.8. The Kier molecular flexibility index (Phi) is 5.67. The number of hydrogen-bond acceptors (Lipinski definition) is 4. The Hall–Kier alpha value is -3.71. The molecule has 2 amide bonds. The molecule has 6 nitrogen and oxygen atoms in total. The van der Waals surface area contributed by atoms with E-state index >= 15 is 0 Å². The second kappa shape index (κ2) is 8.43. The van der Waals surface area contributed by atoms with Gasteiger partial charge in [-0.25, -0.2) is 4.39 Å². The normalized spacial score (nSPS) is 17.5. The van der Waals surface area contributed by atoms with Crippen molar-refractivity contribution in [1.82, 2.24) is 5.01 Å². The molecule has 0 spiro atoms. The quantitative estimate of drug-likeness (QED) is 0.596. The molecule has 4 rings (SSSR count). The van der Waals surface area contributed by atoms with Crippen molar-refractivity contribution in [3.05, 3.63) is 100 Å². The molecule has 1 N–H and O–H groups in total. The number of nitrogens with one attached hydrogen (secondary N) is 1. The molecule has 1 aliphatic heterocycles. The van der Waals surface area contributed by atoms with Gasteiger partial charge in [0.05, 0.1) is 0 Å². The Balaban J connectivity index is 1.61. The van der Waals surface area contributed by atoms with E-state index in [0.29, 0.717) is 27.4 Å². The van der Waals surface area contributed by atoms with Gasteiger partial charge in [-0.2, -0.15) is 5.01 Å². The molecule has 0 radical (unpaired) electrons. The largest absolute Gasteiger partial charge is 0.443 e. The maximum atomic E-state index is 13.4. The van der Waals surface area contributed by atoms with Crippen molar-refractivity contribution >= 4 is 35.0 Å². The lowest BCUT2D eigenvalue weighted by atomic mass is 10.0. The Morgan fingerprint density at radius 1 is 1.06 bits per heavy atom. The van der Waals surface area contributed by atoms with Crippen LogP contribution in [0.5, 0.6) is 0 Å². The molecule has 0 saturated heterocycles. The van der Waals surface area contributed by atoms with Crippen molar-refractivity contribution in [3.63, 3.8) is 0 Å². The SMILES string of the molecule is CC(=O)N1N=C(c2cccc(NC(=O)c3cccc(Cl)c3)c2)OC1(C)c1ccc(F)cc1. The van der Waals surface area contributed by atoms with Crippen LogP contribution < -0.4 is 5.32 Å². The topological polar surface area (TPSA) is 71.0 Å². The molecule has 0 bridgehead atoms. The van der Waals surface area contributed by atoms with Gasteiger partial charge in [0.1, 0.15) is 5.82 Å². The summed E-state index contributed by atoms with van der Waals surface area (Å²) in [5.74, 6) is -0.849. The minimum atomic E-state index is -1.24. The van der Waals surface area contributed by atoms with E-state index in [9.17, 15) is 14.0 Å². The number of rotatable bonds is 4. The molecule has 1 unspecified atom stereocenters. The first kappa shape index (κ1) is 21.5. The molecule has 32 heavy (non-hydrogen) atoms. The molecule has 0 aromatic heterocycles. The number of ether oxygens (including phenoxy) is 1. The van der Waals surface area contributed by atoms with E-state index in [0.717, 1.165) is 0 Å². The predicted octanol–water partition coefficient (Wildman–Crippen LogP) is 5.14. The zero-order valence-electron chi connectivity index (χ0n) is 17.3. The standard InChI is InChI=1S/C24H19ClFN3O3/c1-15(30)29-24(2,18-9-11-20(26)12-10-18)32-23(28-29)17-6-4-8-21(14-17)27-22(31)16-5-3-7-19(25)13-16/h3-14H,1-2H3,(H,27,31). The van der Waals surface area contributed by atoms with Crippen LogP contribution in [0.15, 0.2) is 77.9 Å². The molecule has 8 heteroatoms. The molecule has 3 aromatic rings. The van der Waals surface area contributed by atoms with Gasteiger partial charge in [0.2, 0.25) is 17.5 Å². The van der Waals surface area contributed by atoms with Crippen LogP contribution in [0, 0.1) is 5.82 Å². The van der Waals surface area contributed by atoms with Gasteiger partial charge in [-0.1, -0.05) is 35.9 Å². The number of hydrazone groups is 1. The number of nitrogens with zero attached hydrogens (tertiary/aromatic N) is 2. The van der Waals surface area contributed by atoms with Gasteiger partial charge < -0.3 is 10.1 Å². The van der Waals surface area contributed by atoms with E-state index in [1.165, 1.54) is 24.1 Å². The first-order valence-corrected chi connectivity index (χ1v) is 10.2. The lowest BCUT2D eigenvalue weighted by molar-refractivity contribution is -0.146. The average molecular weight is 452 g/mol. The Morgan fingerprint density at radius 2 is 1.78 bits per heavy atom. The average Bonchev–Trinajstić information content (AvgIpc) is 3.13. The number of carbonyl (C=O) groups excluding carboxylic acids is 2. The summed E-state index contributed by atoms with van der Waals surface area (Å²) < 4.78 is 19.5. The highest BCUT2D eigenvalue weighted by molar-refractivity contribution is 6.31. The van der Waals surface area contributed by atoms with Gasteiger partial charge in [-0.3, -0.25) is 9.59 Å². The van der Waals surface area contributed by atoms with Crippen molar-refractivity contribution in [2.24, 2.45) is 5.10 Å². The smallest absolute Gasteiger partial charge is 0.255 e. The molecule has 0 saturated carbocycles. The summed E-state index contributed by atoms with van der Waals surface area (Å²) in [5, 5.41) is 8.84. The fourth-order valence-electron chi connectivity index (χ4n) is 3.43. The van der Waals surface area contributed by atoms with Crippen LogP contribution in [0.25, 0.3) is 0 Å². The molecular weight excluding hydrogens is 433 g/mol. The number of benzene rings is 3. The predicted molar refractivity (Wildman–Crippen MR) is 120 cm³/mol. The van der Waals surface area contributed by atoms with Crippen LogP contribution in [0.2, 0.25) is 5.02 Å². The van der Waals surface area contributed by atoms with Gasteiger partial charge >= 0.3 is 0 Å². The van der Waals surface area contributed by atoms with Gasteiger partial charge in [0, 0.05) is 41.2 Å². The maximum Gasteiger partial charge on any atom is 0.255 e. The van der Waals surface area contributed by atoms with Gasteiger partial charge in [-0.05, 0) is 48.5 Å². The van der Waals surface area contributed by atoms with Crippen LogP contribution >= 0.6 is 11.6 Å². The maximum absolute atomic E-state index is 13.4. The summed E-state index contributed by atoms with van der Waals surface area (Å²) in [6.45, 7) is 3.06. The van der Waals surface area contributed by atoms with Gasteiger partial charge in [0.25, 0.3) is 5.91 Å². The highest BCUT2D eigenvalue weighted by Crippen LogP contribution is 2.36. The Labute approximate surface area is 189 Å². The zero-order valence-corrected chi connectivity index (χ0v) is 18.1. The lowest BCUT2D eigenvalue weighted by Crippen LogP contribution is -2.41. The molecule has 0 aliphatic carbocycles. The monoisotopic (exact) mass is 451 g/mol. The number of anilines is 1. The summed E-state index contributed by atoms with van der Waals surface area (Å²) >= 11 is 5.96. The fraction of sp³-hybridized carbons (Fsp3) is 0.125. The van der Waals surface area contributed by atoms with Crippen molar-refractivity contribution in [2.45, 2.75) is 19.6 Å². The summed E-state index contributed by atoms with van der Waals surface area (Å²) in [5.41, 5.74) is 0.825. The molecular formula is C24H19ClFN3O3.